The van der Waals surface area contributed by atoms with Gasteiger partial charge in [-0.3, -0.25) is 9.59 Å². The third-order valence-electron chi connectivity index (χ3n) is 3.31. The molecular weight excluding hydrogens is 250 g/mol. The van der Waals surface area contributed by atoms with E-state index in [0.717, 1.165) is 0 Å². The number of aliphatic carboxylic acids is 1. The fraction of sp³-hybridized carbons (Fsp3) is 0.231. The Morgan fingerprint density at radius 3 is 2.58 bits per heavy atom. The summed E-state index contributed by atoms with van der Waals surface area (Å²) in [7, 11) is 0. The number of aromatic carboxylic acids is 1. The van der Waals surface area contributed by atoms with Gasteiger partial charge in [-0.25, -0.2) is 4.79 Å². The second-order valence-electron chi connectivity index (χ2n) is 4.41. The fourth-order valence-electron chi connectivity index (χ4n) is 2.28. The number of hydrogen-bond acceptors (Lipinski definition) is 4. The average Bonchev–Trinajstić information content (AvgIpc) is 2.64. The van der Waals surface area contributed by atoms with Crippen LogP contribution in [0.1, 0.15) is 32.7 Å². The van der Waals surface area contributed by atoms with Crippen LogP contribution < -0.4 is 0 Å². The molecular formula is C13H9NO5. The molecule has 1 unspecified atom stereocenters. The Morgan fingerprint density at radius 1 is 1.37 bits per heavy atom. The first kappa shape index (κ1) is 12.8. The van der Waals surface area contributed by atoms with Crippen molar-refractivity contribution in [3.8, 4) is 6.07 Å². The number of nitriles is 1. The summed E-state index contributed by atoms with van der Waals surface area (Å²) in [5.41, 5.74) is -1.25. The molecule has 1 aliphatic rings. The minimum atomic E-state index is -1.78. The van der Waals surface area contributed by atoms with Crippen LogP contribution in [0.5, 0.6) is 0 Å². The second kappa shape index (κ2) is 4.21. The minimum absolute atomic E-state index is 0.00954. The van der Waals surface area contributed by atoms with Gasteiger partial charge in [0.2, 0.25) is 0 Å². The summed E-state index contributed by atoms with van der Waals surface area (Å²) in [5, 5.41) is 26.8. The molecule has 0 saturated heterocycles. The number of rotatable bonds is 3. The van der Waals surface area contributed by atoms with Gasteiger partial charge in [-0.05, 0) is 24.1 Å². The SMILES string of the molecule is N#CCC1(C(=O)O)Cc2cc(C(=O)O)ccc2C1=O. The summed E-state index contributed by atoms with van der Waals surface area (Å²) >= 11 is 0. The van der Waals surface area contributed by atoms with E-state index in [1.165, 1.54) is 18.2 Å². The lowest BCUT2D eigenvalue weighted by molar-refractivity contribution is -0.145. The molecule has 0 aliphatic heterocycles. The predicted octanol–water partition coefficient (Wildman–Crippen LogP) is 1.11. The second-order valence-corrected chi connectivity index (χ2v) is 4.41. The van der Waals surface area contributed by atoms with Gasteiger partial charge in [0.25, 0.3) is 0 Å². The highest BCUT2D eigenvalue weighted by Crippen LogP contribution is 2.40. The monoisotopic (exact) mass is 259 g/mol. The molecule has 1 atom stereocenters. The van der Waals surface area contributed by atoms with E-state index in [-0.39, 0.29) is 17.5 Å². The Morgan fingerprint density at radius 2 is 2.05 bits per heavy atom. The van der Waals surface area contributed by atoms with Crippen molar-refractivity contribution in [2.24, 2.45) is 5.41 Å². The van der Waals surface area contributed by atoms with Crippen LogP contribution in [0.3, 0.4) is 0 Å². The van der Waals surface area contributed by atoms with Gasteiger partial charge in [-0.2, -0.15) is 5.26 Å². The summed E-state index contributed by atoms with van der Waals surface area (Å²) in [6.45, 7) is 0. The number of Topliss-reactive ketones (excluding diaryl/α,β-unsaturated/α-hetero) is 1. The first-order valence-corrected chi connectivity index (χ1v) is 5.44. The number of carboxylic acid groups (broad SMARTS) is 2. The lowest BCUT2D eigenvalue weighted by Gasteiger charge is -2.17. The maximum atomic E-state index is 12.2. The van der Waals surface area contributed by atoms with Gasteiger partial charge in [0.15, 0.2) is 5.78 Å². The number of hydrogen-bond donors (Lipinski definition) is 2. The summed E-state index contributed by atoms with van der Waals surface area (Å²) in [4.78, 5) is 34.3. The number of nitrogens with zero attached hydrogens (tertiary/aromatic N) is 1. The molecule has 1 aliphatic carbocycles. The Hall–Kier alpha value is -2.68. The number of ketones is 1. The summed E-state index contributed by atoms with van der Waals surface area (Å²) in [5.74, 6) is -3.14. The number of carbonyl (C=O) groups excluding carboxylic acids is 1. The molecule has 0 fully saturated rings. The zero-order valence-electron chi connectivity index (χ0n) is 9.71. The van der Waals surface area contributed by atoms with Gasteiger partial charge in [0, 0.05) is 5.56 Å². The van der Waals surface area contributed by atoms with Gasteiger partial charge in [-0.15, -0.1) is 0 Å². The lowest BCUT2D eigenvalue weighted by Crippen LogP contribution is -2.36. The Kier molecular flexibility index (Phi) is 2.83. The van der Waals surface area contributed by atoms with Gasteiger partial charge < -0.3 is 10.2 Å². The van der Waals surface area contributed by atoms with Gasteiger partial charge in [0.05, 0.1) is 18.1 Å². The van der Waals surface area contributed by atoms with Crippen molar-refractivity contribution >= 4 is 17.7 Å². The fourth-order valence-corrected chi connectivity index (χ4v) is 2.28. The Balaban J connectivity index is 2.54. The van der Waals surface area contributed by atoms with E-state index in [9.17, 15) is 19.5 Å². The van der Waals surface area contributed by atoms with Crippen LogP contribution in [0.15, 0.2) is 18.2 Å². The van der Waals surface area contributed by atoms with Crippen LogP contribution in [-0.4, -0.2) is 27.9 Å². The van der Waals surface area contributed by atoms with E-state index in [2.05, 4.69) is 0 Å². The summed E-state index contributed by atoms with van der Waals surface area (Å²) in [6.07, 6.45) is -0.580. The molecule has 0 heterocycles. The van der Waals surface area contributed by atoms with Crippen molar-refractivity contribution in [1.82, 2.24) is 0 Å². The summed E-state index contributed by atoms with van der Waals surface area (Å²) in [6, 6.07) is 5.57. The summed E-state index contributed by atoms with van der Waals surface area (Å²) < 4.78 is 0. The first-order valence-electron chi connectivity index (χ1n) is 5.44. The maximum absolute atomic E-state index is 12.2. The molecule has 0 bridgehead atoms. The Bertz CT molecular complexity index is 643. The van der Waals surface area contributed by atoms with Crippen molar-refractivity contribution in [3.05, 3.63) is 34.9 Å². The third-order valence-corrected chi connectivity index (χ3v) is 3.31. The van der Waals surface area contributed by atoms with Gasteiger partial charge in [0.1, 0.15) is 5.41 Å². The first-order chi connectivity index (χ1) is 8.92. The van der Waals surface area contributed by atoms with E-state index in [0.29, 0.717) is 5.56 Å². The molecule has 6 nitrogen and oxygen atoms in total. The smallest absolute Gasteiger partial charge is 0.335 e. The standard InChI is InChI=1S/C13H9NO5/c14-4-3-13(12(18)19)6-8-5-7(11(16)17)1-2-9(8)10(13)15/h1-2,5H,3,6H2,(H,16,17)(H,18,19). The van der Waals surface area contributed by atoms with Crippen molar-refractivity contribution in [2.45, 2.75) is 12.8 Å². The highest BCUT2D eigenvalue weighted by molar-refractivity contribution is 6.16. The van der Waals surface area contributed by atoms with Crippen molar-refractivity contribution < 1.29 is 24.6 Å². The highest BCUT2D eigenvalue weighted by Gasteiger charge is 2.51. The van der Waals surface area contributed by atoms with E-state index < -0.39 is 29.6 Å². The number of benzene rings is 1. The van der Waals surface area contributed by atoms with Gasteiger partial charge >= 0.3 is 11.9 Å². The molecule has 6 heteroatoms. The van der Waals surface area contributed by atoms with E-state index in [4.69, 9.17) is 10.4 Å². The molecule has 96 valence electrons. The number of carboxylic acids is 2. The predicted molar refractivity (Wildman–Crippen MR) is 61.7 cm³/mol. The van der Waals surface area contributed by atoms with Crippen LogP contribution in [0, 0.1) is 16.7 Å². The zero-order valence-corrected chi connectivity index (χ0v) is 9.71. The third kappa shape index (κ3) is 1.76. The molecule has 1 aromatic rings. The normalized spacial score (nSPS) is 20.7. The van der Waals surface area contributed by atoms with Crippen LogP contribution in [0.2, 0.25) is 0 Å². The zero-order chi connectivity index (χ0) is 14.2. The topological polar surface area (TPSA) is 115 Å². The van der Waals surface area contributed by atoms with Crippen molar-refractivity contribution in [2.75, 3.05) is 0 Å². The molecule has 0 saturated carbocycles. The molecule has 0 spiro atoms. The minimum Gasteiger partial charge on any atom is -0.480 e. The molecule has 2 N–H and O–H groups in total. The van der Waals surface area contributed by atoms with Crippen molar-refractivity contribution in [3.63, 3.8) is 0 Å². The molecule has 2 rings (SSSR count). The van der Waals surface area contributed by atoms with Gasteiger partial charge in [-0.1, -0.05) is 6.07 Å². The van der Waals surface area contributed by atoms with Crippen molar-refractivity contribution in [1.29, 1.82) is 5.26 Å². The molecule has 0 aromatic heterocycles. The number of carbonyl (C=O) groups is 3. The largest absolute Gasteiger partial charge is 0.480 e. The van der Waals surface area contributed by atoms with E-state index in [1.54, 1.807) is 6.07 Å². The lowest BCUT2D eigenvalue weighted by atomic mass is 9.81. The molecule has 19 heavy (non-hydrogen) atoms. The maximum Gasteiger partial charge on any atom is 0.335 e. The molecule has 1 aromatic carbocycles. The van der Waals surface area contributed by atoms with E-state index >= 15 is 0 Å². The molecule has 0 radical (unpaired) electrons. The average molecular weight is 259 g/mol. The quantitative estimate of drug-likeness (QED) is 0.785. The van der Waals surface area contributed by atoms with Crippen LogP contribution in [0.4, 0.5) is 0 Å². The number of fused-ring (bicyclic) bond motifs is 1. The van der Waals surface area contributed by atoms with Crippen LogP contribution in [-0.2, 0) is 11.2 Å². The van der Waals surface area contributed by atoms with Crippen LogP contribution >= 0.6 is 0 Å². The van der Waals surface area contributed by atoms with E-state index in [1.807, 2.05) is 0 Å². The van der Waals surface area contributed by atoms with Crippen LogP contribution in [0.25, 0.3) is 0 Å². The highest BCUT2D eigenvalue weighted by atomic mass is 16.4. The molecule has 0 amide bonds. The Labute approximate surface area is 107 Å².